The molecule has 0 heterocycles. The minimum absolute atomic E-state index is 0.128. The molecule has 1 rings (SSSR count). The number of halogens is 2. The van der Waals surface area contributed by atoms with Crippen LogP contribution in [0.3, 0.4) is 0 Å². The van der Waals surface area contributed by atoms with E-state index in [0.29, 0.717) is 4.47 Å². The summed E-state index contributed by atoms with van der Waals surface area (Å²) in [6, 6.07) is 2.68. The first kappa shape index (κ1) is 11.1. The van der Waals surface area contributed by atoms with Gasteiger partial charge in [0.05, 0.1) is 10.5 Å². The first-order valence-electron chi connectivity index (χ1n) is 3.58. The van der Waals surface area contributed by atoms with Crippen LogP contribution in [0.2, 0.25) is 5.02 Å². The smallest absolute Gasteiger partial charge is 0.288 e. The summed E-state index contributed by atoms with van der Waals surface area (Å²) < 4.78 is 0.459. The number of hydrogen-bond donors (Lipinski definition) is 0. The fraction of sp³-hybridized carbons (Fsp3) is 0.125. The van der Waals surface area contributed by atoms with Gasteiger partial charge in [-0.1, -0.05) is 11.6 Å². The van der Waals surface area contributed by atoms with Crippen molar-refractivity contribution in [2.45, 2.75) is 6.92 Å². The molecule has 0 saturated heterocycles. The molecular weight excluding hydrogens is 273 g/mol. The predicted octanol–water partition coefficient (Wildman–Crippen LogP) is 3.21. The van der Waals surface area contributed by atoms with E-state index in [0.717, 1.165) is 0 Å². The molecule has 0 fully saturated rings. The number of nitro benzene ring substituents is 1. The molecule has 0 unspecified atom stereocenters. The van der Waals surface area contributed by atoms with Crippen molar-refractivity contribution in [3.8, 4) is 0 Å². The molecule has 0 N–H and O–H groups in total. The van der Waals surface area contributed by atoms with Crippen molar-refractivity contribution in [3.63, 3.8) is 0 Å². The zero-order valence-corrected chi connectivity index (χ0v) is 9.42. The summed E-state index contributed by atoms with van der Waals surface area (Å²) in [5, 5.41) is 10.4. The van der Waals surface area contributed by atoms with Gasteiger partial charge in [-0.25, -0.2) is 0 Å². The second-order valence-electron chi connectivity index (χ2n) is 2.57. The molecule has 0 spiro atoms. The lowest BCUT2D eigenvalue weighted by Crippen LogP contribution is -1.99. The minimum Gasteiger partial charge on any atom is -0.294 e. The second kappa shape index (κ2) is 4.06. The van der Waals surface area contributed by atoms with Crippen LogP contribution in [0.5, 0.6) is 0 Å². The summed E-state index contributed by atoms with van der Waals surface area (Å²) in [4.78, 5) is 21.0. The molecule has 0 atom stereocenters. The van der Waals surface area contributed by atoms with Crippen molar-refractivity contribution in [2.75, 3.05) is 0 Å². The van der Waals surface area contributed by atoms with E-state index in [1.165, 1.54) is 19.1 Å². The van der Waals surface area contributed by atoms with Crippen LogP contribution >= 0.6 is 27.5 Å². The Balaban J connectivity index is 3.49. The van der Waals surface area contributed by atoms with E-state index in [2.05, 4.69) is 15.9 Å². The van der Waals surface area contributed by atoms with E-state index >= 15 is 0 Å². The van der Waals surface area contributed by atoms with Crippen molar-refractivity contribution in [1.82, 2.24) is 0 Å². The first-order valence-corrected chi connectivity index (χ1v) is 4.75. The molecule has 4 nitrogen and oxygen atoms in total. The largest absolute Gasteiger partial charge is 0.294 e. The van der Waals surface area contributed by atoms with Gasteiger partial charge in [0.15, 0.2) is 5.78 Å². The first-order chi connectivity index (χ1) is 6.45. The molecule has 1 aromatic carbocycles. The SMILES string of the molecule is CC(=O)c1c(Br)ccc([N+](=O)[O-])c1Cl. The van der Waals surface area contributed by atoms with Gasteiger partial charge in [0.2, 0.25) is 0 Å². The topological polar surface area (TPSA) is 60.2 Å². The number of nitro groups is 1. The summed E-state index contributed by atoms with van der Waals surface area (Å²) in [5.74, 6) is -0.314. The second-order valence-corrected chi connectivity index (χ2v) is 3.80. The molecule has 0 saturated carbocycles. The number of rotatable bonds is 2. The zero-order valence-electron chi connectivity index (χ0n) is 7.08. The highest BCUT2D eigenvalue weighted by atomic mass is 79.9. The standard InChI is InChI=1S/C8H5BrClNO3/c1-4(12)7-5(9)2-3-6(8(7)10)11(13)14/h2-3H,1H3. The lowest BCUT2D eigenvalue weighted by molar-refractivity contribution is -0.384. The molecule has 74 valence electrons. The van der Waals surface area contributed by atoms with Crippen molar-refractivity contribution in [3.05, 3.63) is 37.3 Å². The van der Waals surface area contributed by atoms with Gasteiger partial charge in [-0.05, 0) is 28.9 Å². The van der Waals surface area contributed by atoms with Gasteiger partial charge in [0.25, 0.3) is 5.69 Å². The summed E-state index contributed by atoms with van der Waals surface area (Å²) >= 11 is 8.81. The van der Waals surface area contributed by atoms with E-state index in [1.54, 1.807) is 0 Å². The van der Waals surface area contributed by atoms with Crippen LogP contribution in [0.4, 0.5) is 5.69 Å². The van der Waals surface area contributed by atoms with Crippen LogP contribution in [0, 0.1) is 10.1 Å². The van der Waals surface area contributed by atoms with E-state index in [1.807, 2.05) is 0 Å². The van der Waals surface area contributed by atoms with Gasteiger partial charge >= 0.3 is 0 Å². The summed E-state index contributed by atoms with van der Waals surface area (Å²) in [7, 11) is 0. The third kappa shape index (κ3) is 1.93. The number of benzene rings is 1. The Morgan fingerprint density at radius 1 is 1.57 bits per heavy atom. The monoisotopic (exact) mass is 277 g/mol. The maximum atomic E-state index is 11.1. The number of Topliss-reactive ketones (excluding diaryl/α,β-unsaturated/α-hetero) is 1. The van der Waals surface area contributed by atoms with Crippen molar-refractivity contribution in [2.24, 2.45) is 0 Å². The van der Waals surface area contributed by atoms with Crippen LogP contribution in [0.1, 0.15) is 17.3 Å². The molecular formula is C8H5BrClNO3. The minimum atomic E-state index is -0.624. The predicted molar refractivity (Wildman–Crippen MR) is 55.8 cm³/mol. The fourth-order valence-corrected chi connectivity index (χ4v) is 2.10. The molecule has 0 aliphatic rings. The normalized spacial score (nSPS) is 9.93. The summed E-state index contributed by atoms with van der Waals surface area (Å²) in [6.45, 7) is 1.30. The molecule has 0 aliphatic heterocycles. The Bertz CT molecular complexity index is 419. The summed E-state index contributed by atoms with van der Waals surface area (Å²) in [5.41, 5.74) is -0.124. The van der Waals surface area contributed by atoms with Crippen LogP contribution in [0.25, 0.3) is 0 Å². The zero-order chi connectivity index (χ0) is 10.9. The Kier molecular flexibility index (Phi) is 3.23. The number of nitrogens with zero attached hydrogens (tertiary/aromatic N) is 1. The van der Waals surface area contributed by atoms with E-state index in [9.17, 15) is 14.9 Å². The molecule has 1 aromatic rings. The Hall–Kier alpha value is -0.940. The lowest BCUT2D eigenvalue weighted by atomic mass is 10.1. The number of hydrogen-bond acceptors (Lipinski definition) is 3. The Morgan fingerprint density at radius 3 is 2.57 bits per heavy atom. The molecule has 0 radical (unpaired) electrons. The number of carbonyl (C=O) groups is 1. The molecule has 6 heteroatoms. The Labute approximate surface area is 93.1 Å². The van der Waals surface area contributed by atoms with Crippen LogP contribution in [0.15, 0.2) is 16.6 Å². The van der Waals surface area contributed by atoms with E-state index in [-0.39, 0.29) is 22.1 Å². The van der Waals surface area contributed by atoms with Crippen LogP contribution in [-0.2, 0) is 0 Å². The number of carbonyl (C=O) groups excluding carboxylic acids is 1. The van der Waals surface area contributed by atoms with E-state index < -0.39 is 4.92 Å². The lowest BCUT2D eigenvalue weighted by Gasteiger charge is -2.03. The molecule has 0 aliphatic carbocycles. The summed E-state index contributed by atoms with van der Waals surface area (Å²) in [6.07, 6.45) is 0. The number of ketones is 1. The third-order valence-corrected chi connectivity index (χ3v) is 2.66. The van der Waals surface area contributed by atoms with Gasteiger partial charge in [-0.3, -0.25) is 14.9 Å². The van der Waals surface area contributed by atoms with Crippen molar-refractivity contribution in [1.29, 1.82) is 0 Å². The van der Waals surface area contributed by atoms with Gasteiger partial charge in [-0.2, -0.15) is 0 Å². The highest BCUT2D eigenvalue weighted by molar-refractivity contribution is 9.10. The quantitative estimate of drug-likeness (QED) is 0.474. The average molecular weight is 278 g/mol. The van der Waals surface area contributed by atoms with Gasteiger partial charge in [0.1, 0.15) is 5.02 Å². The van der Waals surface area contributed by atoms with Gasteiger partial charge < -0.3 is 0 Å². The van der Waals surface area contributed by atoms with Gasteiger partial charge in [-0.15, -0.1) is 0 Å². The van der Waals surface area contributed by atoms with E-state index in [4.69, 9.17) is 11.6 Å². The van der Waals surface area contributed by atoms with Crippen molar-refractivity contribution < 1.29 is 9.72 Å². The molecule has 0 aromatic heterocycles. The highest BCUT2D eigenvalue weighted by Gasteiger charge is 2.20. The molecule has 0 bridgehead atoms. The maximum Gasteiger partial charge on any atom is 0.288 e. The van der Waals surface area contributed by atoms with Crippen molar-refractivity contribution >= 4 is 39.0 Å². The van der Waals surface area contributed by atoms with Gasteiger partial charge in [0, 0.05) is 10.5 Å². The van der Waals surface area contributed by atoms with Crippen LogP contribution < -0.4 is 0 Å². The fourth-order valence-electron chi connectivity index (χ4n) is 1.01. The van der Waals surface area contributed by atoms with Crippen LogP contribution in [-0.4, -0.2) is 10.7 Å². The molecule has 14 heavy (non-hydrogen) atoms. The third-order valence-electron chi connectivity index (χ3n) is 1.62. The highest BCUT2D eigenvalue weighted by Crippen LogP contribution is 2.33. The maximum absolute atomic E-state index is 11.1. The molecule has 0 amide bonds. The average Bonchev–Trinajstić information content (AvgIpc) is 2.02. The Morgan fingerprint density at radius 2 is 2.14 bits per heavy atom.